The highest BCUT2D eigenvalue weighted by molar-refractivity contribution is 6.06. The summed E-state index contributed by atoms with van der Waals surface area (Å²) in [6.45, 7) is 10.3. The molecule has 0 radical (unpaired) electrons. The maximum atomic E-state index is 13.3. The van der Waals surface area contributed by atoms with E-state index in [0.29, 0.717) is 11.5 Å². The first-order valence-corrected chi connectivity index (χ1v) is 12.3. The summed E-state index contributed by atoms with van der Waals surface area (Å²) < 4.78 is 5.59. The quantitative estimate of drug-likeness (QED) is 0.434. The minimum atomic E-state index is -0.458. The number of benzene rings is 2. The lowest BCUT2D eigenvalue weighted by molar-refractivity contribution is -0.119. The normalized spacial score (nSPS) is 15.4. The SMILES string of the molecule is CC(C)c1cccc(C(C)C)c1NC(=O)COC(=O)c1c2c(nc3ccccc13)CC[C@H](C)C2. The molecule has 34 heavy (non-hydrogen) atoms. The Bertz CT molecular complexity index is 1200. The lowest BCUT2D eigenvalue weighted by Gasteiger charge is -2.24. The van der Waals surface area contributed by atoms with E-state index in [1.54, 1.807) is 0 Å². The highest BCUT2D eigenvalue weighted by Crippen LogP contribution is 2.33. The summed E-state index contributed by atoms with van der Waals surface area (Å²) >= 11 is 0. The standard InChI is InChI=1S/C29H34N2O3/c1-17(2)20-10-8-11-21(18(3)4)28(20)31-26(32)16-34-29(33)27-22-9-6-7-12-24(22)30-25-14-13-19(5)15-23(25)27/h6-12,17-19H,13-16H2,1-5H3,(H,31,32)/t19-/m0/s1. The van der Waals surface area contributed by atoms with Crippen LogP contribution in [0, 0.1) is 5.92 Å². The minimum absolute atomic E-state index is 0.258. The van der Waals surface area contributed by atoms with Crippen LogP contribution >= 0.6 is 0 Å². The summed E-state index contributed by atoms with van der Waals surface area (Å²) in [6, 6.07) is 13.8. The zero-order chi connectivity index (χ0) is 24.4. The number of pyridine rings is 1. The van der Waals surface area contributed by atoms with Crippen LogP contribution in [-0.4, -0.2) is 23.5 Å². The number of aromatic nitrogens is 1. The summed E-state index contributed by atoms with van der Waals surface area (Å²) in [5.74, 6) is 0.207. The lowest BCUT2D eigenvalue weighted by atomic mass is 9.84. The molecule has 1 aromatic heterocycles. The van der Waals surface area contributed by atoms with E-state index in [1.807, 2.05) is 42.5 Å². The Kier molecular flexibility index (Phi) is 7.01. The first-order valence-electron chi connectivity index (χ1n) is 12.3. The average Bonchev–Trinajstić information content (AvgIpc) is 2.81. The molecule has 0 unspecified atom stereocenters. The molecule has 3 aromatic rings. The number of hydrogen-bond acceptors (Lipinski definition) is 4. The van der Waals surface area contributed by atoms with Crippen molar-refractivity contribution in [3.63, 3.8) is 0 Å². The fourth-order valence-electron chi connectivity index (χ4n) is 4.87. The lowest BCUT2D eigenvalue weighted by Crippen LogP contribution is -2.24. The van der Waals surface area contributed by atoms with E-state index in [1.165, 1.54) is 0 Å². The molecular weight excluding hydrogens is 424 g/mol. The molecular formula is C29H34N2O3. The largest absolute Gasteiger partial charge is 0.452 e. The second-order valence-corrected chi connectivity index (χ2v) is 10.0. The van der Waals surface area contributed by atoms with Crippen LogP contribution in [0.15, 0.2) is 42.5 Å². The fourth-order valence-corrected chi connectivity index (χ4v) is 4.87. The fraction of sp³-hybridized carbons (Fsp3) is 0.414. The number of carbonyl (C=O) groups excluding carboxylic acids is 2. The molecule has 0 aliphatic heterocycles. The van der Waals surface area contributed by atoms with Crippen LogP contribution in [0.2, 0.25) is 0 Å². The van der Waals surface area contributed by atoms with Crippen LogP contribution in [0.25, 0.3) is 10.9 Å². The van der Waals surface area contributed by atoms with Crippen molar-refractivity contribution < 1.29 is 14.3 Å². The van der Waals surface area contributed by atoms with Gasteiger partial charge in [0.1, 0.15) is 0 Å². The molecule has 4 rings (SSSR count). The molecule has 5 heteroatoms. The van der Waals surface area contributed by atoms with Gasteiger partial charge < -0.3 is 10.1 Å². The molecule has 2 aromatic carbocycles. The molecule has 1 aliphatic rings. The van der Waals surface area contributed by atoms with Crippen LogP contribution in [-0.2, 0) is 22.4 Å². The minimum Gasteiger partial charge on any atom is -0.452 e. The van der Waals surface area contributed by atoms with Gasteiger partial charge in [0.2, 0.25) is 0 Å². The van der Waals surface area contributed by atoms with Gasteiger partial charge in [0, 0.05) is 16.8 Å². The van der Waals surface area contributed by atoms with Crippen LogP contribution in [0.4, 0.5) is 5.69 Å². The van der Waals surface area contributed by atoms with E-state index in [9.17, 15) is 9.59 Å². The van der Waals surface area contributed by atoms with Gasteiger partial charge in [-0.05, 0) is 59.8 Å². The Morgan fingerprint density at radius 3 is 2.38 bits per heavy atom. The van der Waals surface area contributed by atoms with Crippen molar-refractivity contribution >= 4 is 28.5 Å². The molecule has 0 spiro atoms. The van der Waals surface area contributed by atoms with Crippen molar-refractivity contribution in [1.82, 2.24) is 4.98 Å². The molecule has 0 saturated heterocycles. The maximum absolute atomic E-state index is 13.3. The molecule has 1 heterocycles. The third-order valence-electron chi connectivity index (χ3n) is 6.68. The van der Waals surface area contributed by atoms with E-state index in [-0.39, 0.29) is 24.3 Å². The monoisotopic (exact) mass is 458 g/mol. The van der Waals surface area contributed by atoms with Crippen molar-refractivity contribution in [2.45, 2.75) is 65.7 Å². The highest BCUT2D eigenvalue weighted by Gasteiger charge is 2.26. The number of hydrogen-bond donors (Lipinski definition) is 1. The topological polar surface area (TPSA) is 68.3 Å². The van der Waals surface area contributed by atoms with Crippen molar-refractivity contribution in [3.05, 3.63) is 70.4 Å². The van der Waals surface area contributed by atoms with Gasteiger partial charge in [-0.25, -0.2) is 4.79 Å². The predicted molar refractivity (Wildman–Crippen MR) is 136 cm³/mol. The van der Waals surface area contributed by atoms with Gasteiger partial charge in [0.05, 0.1) is 11.1 Å². The van der Waals surface area contributed by atoms with E-state index in [4.69, 9.17) is 9.72 Å². The number of amides is 1. The van der Waals surface area contributed by atoms with Gasteiger partial charge in [-0.3, -0.25) is 9.78 Å². The molecule has 1 amide bonds. The Labute approximate surface area is 201 Å². The summed E-state index contributed by atoms with van der Waals surface area (Å²) in [5.41, 5.74) is 6.28. The number of para-hydroxylation sites is 2. The predicted octanol–water partition coefficient (Wildman–Crippen LogP) is 6.40. The van der Waals surface area contributed by atoms with Crippen molar-refractivity contribution in [3.8, 4) is 0 Å². The number of aryl methyl sites for hydroxylation is 1. The maximum Gasteiger partial charge on any atom is 0.339 e. The second kappa shape index (κ2) is 9.96. The van der Waals surface area contributed by atoms with Crippen molar-refractivity contribution in [2.75, 3.05) is 11.9 Å². The van der Waals surface area contributed by atoms with Gasteiger partial charge >= 0.3 is 5.97 Å². The smallest absolute Gasteiger partial charge is 0.339 e. The van der Waals surface area contributed by atoms with Crippen molar-refractivity contribution in [2.24, 2.45) is 5.92 Å². The first-order chi connectivity index (χ1) is 16.3. The summed E-state index contributed by atoms with van der Waals surface area (Å²) in [4.78, 5) is 31.0. The molecule has 0 saturated carbocycles. The Morgan fingerprint density at radius 1 is 1.03 bits per heavy atom. The number of nitrogens with zero attached hydrogens (tertiary/aromatic N) is 1. The third-order valence-corrected chi connectivity index (χ3v) is 6.68. The van der Waals surface area contributed by atoms with Crippen LogP contribution in [0.5, 0.6) is 0 Å². The van der Waals surface area contributed by atoms with Gasteiger partial charge in [-0.1, -0.05) is 71.0 Å². The van der Waals surface area contributed by atoms with Crippen LogP contribution in [0.1, 0.15) is 85.6 Å². The molecule has 1 N–H and O–H groups in total. The zero-order valence-electron chi connectivity index (χ0n) is 20.8. The van der Waals surface area contributed by atoms with Gasteiger partial charge in [-0.2, -0.15) is 0 Å². The van der Waals surface area contributed by atoms with Crippen LogP contribution in [0.3, 0.4) is 0 Å². The summed E-state index contributed by atoms with van der Waals surface area (Å²) in [5, 5.41) is 3.81. The average molecular weight is 459 g/mol. The molecule has 1 aliphatic carbocycles. The Hall–Kier alpha value is -3.21. The van der Waals surface area contributed by atoms with E-state index < -0.39 is 5.97 Å². The Morgan fingerprint density at radius 2 is 1.71 bits per heavy atom. The molecule has 0 bridgehead atoms. The number of rotatable bonds is 6. The highest BCUT2D eigenvalue weighted by atomic mass is 16.5. The van der Waals surface area contributed by atoms with Gasteiger partial charge in [0.15, 0.2) is 6.61 Å². The summed E-state index contributed by atoms with van der Waals surface area (Å²) in [6.07, 6.45) is 2.71. The number of fused-ring (bicyclic) bond motifs is 2. The Balaban J connectivity index is 1.58. The third kappa shape index (κ3) is 4.84. The van der Waals surface area contributed by atoms with Gasteiger partial charge in [-0.15, -0.1) is 0 Å². The number of nitrogens with one attached hydrogen (secondary N) is 1. The van der Waals surface area contributed by atoms with E-state index in [2.05, 4.69) is 39.9 Å². The first kappa shape index (κ1) is 23.9. The molecule has 0 fully saturated rings. The number of ether oxygens (including phenoxy) is 1. The number of anilines is 1. The number of esters is 1. The number of carbonyl (C=O) groups is 2. The molecule has 1 atom stereocenters. The second-order valence-electron chi connectivity index (χ2n) is 10.0. The molecule has 178 valence electrons. The van der Waals surface area contributed by atoms with Gasteiger partial charge in [0.25, 0.3) is 5.91 Å². The van der Waals surface area contributed by atoms with Crippen molar-refractivity contribution in [1.29, 1.82) is 0 Å². The zero-order valence-corrected chi connectivity index (χ0v) is 20.8. The molecule has 5 nitrogen and oxygen atoms in total. The van der Waals surface area contributed by atoms with E-state index >= 15 is 0 Å². The van der Waals surface area contributed by atoms with E-state index in [0.717, 1.165) is 58.2 Å². The van der Waals surface area contributed by atoms with Crippen LogP contribution < -0.4 is 5.32 Å². The summed E-state index contributed by atoms with van der Waals surface area (Å²) in [7, 11) is 0.